The summed E-state index contributed by atoms with van der Waals surface area (Å²) in [5.41, 5.74) is 0.229. The highest BCUT2D eigenvalue weighted by molar-refractivity contribution is 7.89. The van der Waals surface area contributed by atoms with Crippen LogP contribution in [0.15, 0.2) is 47.4 Å². The maximum absolute atomic E-state index is 12.5. The van der Waals surface area contributed by atoms with Gasteiger partial charge in [-0.2, -0.15) is 0 Å². The Bertz CT molecular complexity index is 931. The van der Waals surface area contributed by atoms with E-state index >= 15 is 0 Å². The van der Waals surface area contributed by atoms with E-state index in [9.17, 15) is 13.2 Å². The molecular formula is C18H21ClN2O5S. The Balaban J connectivity index is 2.23. The van der Waals surface area contributed by atoms with Crippen molar-refractivity contribution in [3.8, 4) is 11.5 Å². The molecule has 0 aliphatic heterocycles. The average Bonchev–Trinajstić information content (AvgIpc) is 2.61. The highest BCUT2D eigenvalue weighted by atomic mass is 35.5. The number of sulfonamides is 1. The van der Waals surface area contributed by atoms with Gasteiger partial charge in [-0.3, -0.25) is 4.79 Å². The van der Waals surface area contributed by atoms with Crippen molar-refractivity contribution in [2.75, 3.05) is 26.5 Å². The molecule has 1 N–H and O–H groups in total. The van der Waals surface area contributed by atoms with Crippen LogP contribution in [0.5, 0.6) is 11.5 Å². The summed E-state index contributed by atoms with van der Waals surface area (Å²) in [5.74, 6) is 0.310. The van der Waals surface area contributed by atoms with Crippen molar-refractivity contribution < 1.29 is 22.7 Å². The highest BCUT2D eigenvalue weighted by Gasteiger charge is 2.21. The van der Waals surface area contributed by atoms with Gasteiger partial charge in [0.05, 0.1) is 17.7 Å². The van der Waals surface area contributed by atoms with Gasteiger partial charge in [-0.1, -0.05) is 17.7 Å². The molecule has 0 heterocycles. The second kappa shape index (κ2) is 8.60. The lowest BCUT2D eigenvalue weighted by molar-refractivity contribution is -0.122. The molecule has 0 spiro atoms. The Hall–Kier alpha value is -2.29. The SMILES string of the molecule is COc1ccc(S(=O)(=O)N(C)C)cc1NC(=O)C(C)Oc1cccc(Cl)c1. The molecule has 9 heteroatoms. The molecule has 0 radical (unpaired) electrons. The Labute approximate surface area is 163 Å². The number of carbonyl (C=O) groups is 1. The van der Waals surface area contributed by atoms with Crippen molar-refractivity contribution in [1.82, 2.24) is 4.31 Å². The average molecular weight is 413 g/mol. The van der Waals surface area contributed by atoms with E-state index in [1.807, 2.05) is 0 Å². The lowest BCUT2D eigenvalue weighted by atomic mass is 10.2. The van der Waals surface area contributed by atoms with Crippen LogP contribution >= 0.6 is 11.6 Å². The van der Waals surface area contributed by atoms with E-state index in [0.717, 1.165) is 4.31 Å². The van der Waals surface area contributed by atoms with Gasteiger partial charge in [-0.25, -0.2) is 12.7 Å². The van der Waals surface area contributed by atoms with Gasteiger partial charge < -0.3 is 14.8 Å². The van der Waals surface area contributed by atoms with E-state index in [1.54, 1.807) is 31.2 Å². The number of hydrogen-bond donors (Lipinski definition) is 1. The summed E-state index contributed by atoms with van der Waals surface area (Å²) in [4.78, 5) is 12.5. The fraction of sp³-hybridized carbons (Fsp3) is 0.278. The van der Waals surface area contributed by atoms with Crippen molar-refractivity contribution in [2.24, 2.45) is 0 Å². The highest BCUT2D eigenvalue weighted by Crippen LogP contribution is 2.29. The summed E-state index contributed by atoms with van der Waals surface area (Å²) in [7, 11) is 0.633. The Morgan fingerprint density at radius 3 is 2.48 bits per heavy atom. The zero-order valence-corrected chi connectivity index (χ0v) is 17.0. The van der Waals surface area contributed by atoms with Crippen LogP contribution in [0.1, 0.15) is 6.92 Å². The number of ether oxygens (including phenoxy) is 2. The van der Waals surface area contributed by atoms with Crippen LogP contribution in [-0.2, 0) is 14.8 Å². The van der Waals surface area contributed by atoms with E-state index in [1.165, 1.54) is 39.4 Å². The standard InChI is InChI=1S/C18H21ClN2O5S/c1-12(26-14-7-5-6-13(19)10-14)18(22)20-16-11-15(8-9-17(16)25-4)27(23,24)21(2)3/h5-12H,1-4H3,(H,20,22). The van der Waals surface area contributed by atoms with Crippen LogP contribution < -0.4 is 14.8 Å². The van der Waals surface area contributed by atoms with Gasteiger partial charge in [0, 0.05) is 19.1 Å². The Morgan fingerprint density at radius 2 is 1.89 bits per heavy atom. The van der Waals surface area contributed by atoms with Crippen molar-refractivity contribution in [1.29, 1.82) is 0 Å². The van der Waals surface area contributed by atoms with Crippen LogP contribution in [-0.4, -0.2) is 45.9 Å². The van der Waals surface area contributed by atoms with Gasteiger partial charge in [0.15, 0.2) is 6.10 Å². The smallest absolute Gasteiger partial charge is 0.265 e. The number of hydrogen-bond acceptors (Lipinski definition) is 5. The number of nitrogens with one attached hydrogen (secondary N) is 1. The summed E-state index contributed by atoms with van der Waals surface area (Å²) in [6.07, 6.45) is -0.845. The van der Waals surface area contributed by atoms with Crippen LogP contribution in [0.4, 0.5) is 5.69 Å². The maximum atomic E-state index is 12.5. The molecule has 2 aromatic carbocycles. The number of methoxy groups -OCH3 is 1. The minimum absolute atomic E-state index is 0.0343. The van der Waals surface area contributed by atoms with Gasteiger partial charge in [-0.05, 0) is 43.3 Å². The van der Waals surface area contributed by atoms with E-state index < -0.39 is 22.0 Å². The van der Waals surface area contributed by atoms with E-state index in [0.29, 0.717) is 16.5 Å². The third-order valence-corrected chi connectivity index (χ3v) is 5.73. The molecule has 1 atom stereocenters. The molecule has 1 amide bonds. The molecule has 1 unspecified atom stereocenters. The molecule has 0 bridgehead atoms. The van der Waals surface area contributed by atoms with Crippen molar-refractivity contribution in [2.45, 2.75) is 17.9 Å². The van der Waals surface area contributed by atoms with E-state index in [-0.39, 0.29) is 10.6 Å². The van der Waals surface area contributed by atoms with Crippen molar-refractivity contribution in [3.05, 3.63) is 47.5 Å². The zero-order chi connectivity index (χ0) is 20.2. The predicted octanol–water partition coefficient (Wildman–Crippen LogP) is 3.00. The monoisotopic (exact) mass is 412 g/mol. The number of amides is 1. The number of carbonyl (C=O) groups excluding carboxylic acids is 1. The third-order valence-electron chi connectivity index (χ3n) is 3.69. The quantitative estimate of drug-likeness (QED) is 0.755. The predicted molar refractivity (Wildman–Crippen MR) is 104 cm³/mol. The molecule has 2 rings (SSSR count). The largest absolute Gasteiger partial charge is 0.495 e. The van der Waals surface area contributed by atoms with Gasteiger partial charge in [0.2, 0.25) is 10.0 Å². The number of anilines is 1. The minimum atomic E-state index is -3.65. The third kappa shape index (κ3) is 5.12. The summed E-state index contributed by atoms with van der Waals surface area (Å²) in [6.45, 7) is 1.57. The molecule has 0 aliphatic rings. The fourth-order valence-corrected chi connectivity index (χ4v) is 3.30. The molecule has 0 fully saturated rings. The fourth-order valence-electron chi connectivity index (χ4n) is 2.19. The first-order chi connectivity index (χ1) is 12.6. The molecular weight excluding hydrogens is 392 g/mol. The lowest BCUT2D eigenvalue weighted by Gasteiger charge is -2.18. The number of nitrogens with zero attached hydrogens (tertiary/aromatic N) is 1. The zero-order valence-electron chi connectivity index (χ0n) is 15.4. The van der Waals surface area contributed by atoms with Crippen molar-refractivity contribution in [3.63, 3.8) is 0 Å². The molecule has 0 aromatic heterocycles. The second-order valence-corrected chi connectivity index (χ2v) is 8.44. The Kier molecular flexibility index (Phi) is 6.69. The topological polar surface area (TPSA) is 84.9 Å². The lowest BCUT2D eigenvalue weighted by Crippen LogP contribution is -2.30. The number of halogens is 1. The minimum Gasteiger partial charge on any atom is -0.495 e. The van der Waals surface area contributed by atoms with Crippen LogP contribution in [0.3, 0.4) is 0 Å². The molecule has 146 valence electrons. The first-order valence-corrected chi connectivity index (χ1v) is 9.80. The Morgan fingerprint density at radius 1 is 1.19 bits per heavy atom. The van der Waals surface area contributed by atoms with E-state index in [4.69, 9.17) is 21.1 Å². The molecule has 27 heavy (non-hydrogen) atoms. The van der Waals surface area contributed by atoms with Gasteiger partial charge in [-0.15, -0.1) is 0 Å². The number of rotatable bonds is 7. The van der Waals surface area contributed by atoms with Gasteiger partial charge in [0.1, 0.15) is 11.5 Å². The first kappa shape index (κ1) is 21.0. The van der Waals surface area contributed by atoms with Crippen LogP contribution in [0.25, 0.3) is 0 Å². The van der Waals surface area contributed by atoms with Crippen LogP contribution in [0.2, 0.25) is 5.02 Å². The molecule has 0 saturated heterocycles. The maximum Gasteiger partial charge on any atom is 0.265 e. The van der Waals surface area contributed by atoms with Gasteiger partial charge in [0.25, 0.3) is 5.91 Å². The second-order valence-electron chi connectivity index (χ2n) is 5.86. The molecule has 2 aromatic rings. The normalized spacial score (nSPS) is 12.5. The number of benzene rings is 2. The van der Waals surface area contributed by atoms with Crippen LogP contribution in [0, 0.1) is 0 Å². The van der Waals surface area contributed by atoms with E-state index in [2.05, 4.69) is 5.32 Å². The van der Waals surface area contributed by atoms with Crippen molar-refractivity contribution >= 4 is 33.2 Å². The molecule has 7 nitrogen and oxygen atoms in total. The summed E-state index contributed by atoms with van der Waals surface area (Å²) in [6, 6.07) is 10.9. The first-order valence-electron chi connectivity index (χ1n) is 7.99. The summed E-state index contributed by atoms with van der Waals surface area (Å²) >= 11 is 5.90. The molecule has 0 saturated carbocycles. The molecule has 0 aliphatic carbocycles. The van der Waals surface area contributed by atoms with Gasteiger partial charge >= 0.3 is 0 Å². The summed E-state index contributed by atoms with van der Waals surface area (Å²) < 4.78 is 36.5. The summed E-state index contributed by atoms with van der Waals surface area (Å²) in [5, 5.41) is 3.13.